The largest absolute Gasteiger partial charge is 0.207 e. The van der Waals surface area contributed by atoms with Gasteiger partial charge in [-0.05, 0) is 31.4 Å². The Morgan fingerprint density at radius 2 is 2.15 bits per heavy atom. The molecular formula is C11H10FN. The molecule has 0 amide bonds. The van der Waals surface area contributed by atoms with Gasteiger partial charge in [-0.3, -0.25) is 0 Å². The van der Waals surface area contributed by atoms with Crippen LogP contribution < -0.4 is 0 Å². The SMILES string of the molecule is Cc1ccc(C2(C#N)CC2)c(F)c1. The molecule has 0 saturated heterocycles. The predicted molar refractivity (Wildman–Crippen MR) is 47.7 cm³/mol. The van der Waals surface area contributed by atoms with Gasteiger partial charge in [0.15, 0.2) is 0 Å². The molecular weight excluding hydrogens is 165 g/mol. The molecule has 2 heteroatoms. The monoisotopic (exact) mass is 175 g/mol. The van der Waals surface area contributed by atoms with Gasteiger partial charge in [-0.15, -0.1) is 0 Å². The van der Waals surface area contributed by atoms with Gasteiger partial charge in [-0.25, -0.2) is 4.39 Å². The second-order valence-electron chi connectivity index (χ2n) is 3.68. The summed E-state index contributed by atoms with van der Waals surface area (Å²) in [5.41, 5.74) is 0.966. The predicted octanol–water partition coefficient (Wildman–Crippen LogP) is 2.69. The van der Waals surface area contributed by atoms with Crippen molar-refractivity contribution >= 4 is 0 Å². The lowest BCUT2D eigenvalue weighted by molar-refractivity contribution is 0.598. The summed E-state index contributed by atoms with van der Waals surface area (Å²) >= 11 is 0. The van der Waals surface area contributed by atoms with E-state index in [-0.39, 0.29) is 5.82 Å². The summed E-state index contributed by atoms with van der Waals surface area (Å²) in [6, 6.07) is 7.28. The molecule has 1 aromatic rings. The molecule has 0 bridgehead atoms. The van der Waals surface area contributed by atoms with E-state index in [1.54, 1.807) is 6.07 Å². The minimum atomic E-state index is -0.502. The Bertz CT molecular complexity index is 386. The van der Waals surface area contributed by atoms with Crippen LogP contribution in [0.5, 0.6) is 0 Å². The Balaban J connectivity index is 2.48. The van der Waals surface area contributed by atoms with Gasteiger partial charge in [0, 0.05) is 5.56 Å². The third kappa shape index (κ3) is 1.21. The Morgan fingerprint density at radius 3 is 2.62 bits per heavy atom. The van der Waals surface area contributed by atoms with E-state index in [4.69, 9.17) is 5.26 Å². The number of halogens is 1. The average molecular weight is 175 g/mol. The molecule has 0 unspecified atom stereocenters. The third-order valence-electron chi connectivity index (χ3n) is 2.60. The van der Waals surface area contributed by atoms with Crippen molar-refractivity contribution in [3.05, 3.63) is 35.1 Å². The minimum absolute atomic E-state index is 0.237. The highest BCUT2D eigenvalue weighted by molar-refractivity contribution is 5.40. The first-order valence-electron chi connectivity index (χ1n) is 4.36. The molecule has 0 aromatic heterocycles. The smallest absolute Gasteiger partial charge is 0.128 e. The first-order chi connectivity index (χ1) is 6.18. The van der Waals surface area contributed by atoms with Crippen molar-refractivity contribution in [2.75, 3.05) is 0 Å². The van der Waals surface area contributed by atoms with Gasteiger partial charge in [-0.2, -0.15) is 5.26 Å². The van der Waals surface area contributed by atoms with E-state index < -0.39 is 5.41 Å². The summed E-state index contributed by atoms with van der Waals surface area (Å²) in [5, 5.41) is 8.89. The Kier molecular flexibility index (Phi) is 1.63. The zero-order valence-corrected chi connectivity index (χ0v) is 7.47. The van der Waals surface area contributed by atoms with Crippen molar-refractivity contribution in [3.8, 4) is 6.07 Å². The van der Waals surface area contributed by atoms with Crippen LogP contribution in [0.15, 0.2) is 18.2 Å². The molecule has 2 rings (SSSR count). The maximum absolute atomic E-state index is 13.4. The highest BCUT2D eigenvalue weighted by Gasteiger charge is 2.46. The quantitative estimate of drug-likeness (QED) is 0.643. The van der Waals surface area contributed by atoms with Gasteiger partial charge < -0.3 is 0 Å². The first-order valence-corrected chi connectivity index (χ1v) is 4.36. The molecule has 1 aliphatic rings. The van der Waals surface area contributed by atoms with Crippen LogP contribution in [0.25, 0.3) is 0 Å². The third-order valence-corrected chi connectivity index (χ3v) is 2.60. The van der Waals surface area contributed by atoms with Crippen LogP contribution in [0, 0.1) is 24.1 Å². The van der Waals surface area contributed by atoms with Crippen molar-refractivity contribution in [1.29, 1.82) is 5.26 Å². The van der Waals surface area contributed by atoms with Gasteiger partial charge >= 0.3 is 0 Å². The van der Waals surface area contributed by atoms with Crippen LogP contribution >= 0.6 is 0 Å². The topological polar surface area (TPSA) is 23.8 Å². The van der Waals surface area contributed by atoms with Crippen molar-refractivity contribution in [3.63, 3.8) is 0 Å². The van der Waals surface area contributed by atoms with Crippen LogP contribution in [0.1, 0.15) is 24.0 Å². The standard InChI is InChI=1S/C11H10FN/c1-8-2-3-9(10(12)6-8)11(7-13)4-5-11/h2-3,6H,4-5H2,1H3. The summed E-state index contributed by atoms with van der Waals surface area (Å²) in [7, 11) is 0. The second-order valence-corrected chi connectivity index (χ2v) is 3.68. The van der Waals surface area contributed by atoms with Crippen LogP contribution in [-0.4, -0.2) is 0 Å². The molecule has 1 aromatic carbocycles. The number of benzene rings is 1. The molecule has 0 atom stereocenters. The van der Waals surface area contributed by atoms with Crippen LogP contribution in [0.2, 0.25) is 0 Å². The number of nitriles is 1. The van der Waals surface area contributed by atoms with Gasteiger partial charge in [0.25, 0.3) is 0 Å². The van der Waals surface area contributed by atoms with E-state index in [9.17, 15) is 4.39 Å². The van der Waals surface area contributed by atoms with Crippen LogP contribution in [-0.2, 0) is 5.41 Å². The van der Waals surface area contributed by atoms with Gasteiger partial charge in [0.1, 0.15) is 5.82 Å². The van der Waals surface area contributed by atoms with E-state index in [0.29, 0.717) is 5.56 Å². The lowest BCUT2D eigenvalue weighted by Gasteiger charge is -2.07. The fourth-order valence-corrected chi connectivity index (χ4v) is 1.57. The summed E-state index contributed by atoms with van der Waals surface area (Å²) in [6.45, 7) is 1.85. The average Bonchev–Trinajstić information content (AvgIpc) is 2.85. The highest BCUT2D eigenvalue weighted by atomic mass is 19.1. The van der Waals surface area contributed by atoms with Gasteiger partial charge in [0.2, 0.25) is 0 Å². The lowest BCUT2D eigenvalue weighted by Crippen LogP contribution is -2.05. The van der Waals surface area contributed by atoms with Gasteiger partial charge in [0.05, 0.1) is 11.5 Å². The van der Waals surface area contributed by atoms with E-state index in [1.165, 1.54) is 6.07 Å². The number of hydrogen-bond acceptors (Lipinski definition) is 1. The van der Waals surface area contributed by atoms with E-state index >= 15 is 0 Å². The van der Waals surface area contributed by atoms with Gasteiger partial charge in [-0.1, -0.05) is 12.1 Å². The lowest BCUT2D eigenvalue weighted by atomic mass is 9.96. The summed E-state index contributed by atoms with van der Waals surface area (Å²) in [4.78, 5) is 0. The molecule has 1 nitrogen and oxygen atoms in total. The number of nitrogens with zero attached hydrogens (tertiary/aromatic N) is 1. The number of hydrogen-bond donors (Lipinski definition) is 0. The molecule has 1 fully saturated rings. The number of rotatable bonds is 1. The van der Waals surface area contributed by atoms with Crippen LogP contribution in [0.3, 0.4) is 0 Å². The number of aryl methyl sites for hydroxylation is 1. The van der Waals surface area contributed by atoms with Crippen LogP contribution in [0.4, 0.5) is 4.39 Å². The molecule has 0 spiro atoms. The Morgan fingerprint density at radius 1 is 1.46 bits per heavy atom. The fraction of sp³-hybridized carbons (Fsp3) is 0.364. The zero-order valence-electron chi connectivity index (χ0n) is 7.47. The minimum Gasteiger partial charge on any atom is -0.207 e. The van der Waals surface area contributed by atoms with Crippen molar-refractivity contribution < 1.29 is 4.39 Å². The molecule has 0 heterocycles. The van der Waals surface area contributed by atoms with Crippen molar-refractivity contribution in [2.24, 2.45) is 0 Å². The van der Waals surface area contributed by atoms with Crippen molar-refractivity contribution in [2.45, 2.75) is 25.2 Å². The summed E-state index contributed by atoms with van der Waals surface area (Å²) < 4.78 is 13.4. The van der Waals surface area contributed by atoms with E-state index in [1.807, 2.05) is 13.0 Å². The zero-order chi connectivity index (χ0) is 9.47. The molecule has 0 aliphatic heterocycles. The normalized spacial score (nSPS) is 17.9. The molecule has 0 radical (unpaired) electrons. The second kappa shape index (κ2) is 2.56. The van der Waals surface area contributed by atoms with E-state index in [0.717, 1.165) is 18.4 Å². The highest BCUT2D eigenvalue weighted by Crippen LogP contribution is 2.48. The van der Waals surface area contributed by atoms with Crippen molar-refractivity contribution in [1.82, 2.24) is 0 Å². The Hall–Kier alpha value is -1.36. The summed E-state index contributed by atoms with van der Waals surface area (Å²) in [5.74, 6) is -0.237. The fourth-order valence-electron chi connectivity index (χ4n) is 1.57. The molecule has 13 heavy (non-hydrogen) atoms. The molecule has 0 N–H and O–H groups in total. The molecule has 66 valence electrons. The maximum Gasteiger partial charge on any atom is 0.128 e. The molecule has 1 saturated carbocycles. The first kappa shape index (κ1) is 8.25. The summed E-state index contributed by atoms with van der Waals surface area (Å²) in [6.07, 6.45) is 1.59. The molecule has 1 aliphatic carbocycles. The Labute approximate surface area is 76.8 Å². The van der Waals surface area contributed by atoms with E-state index in [2.05, 4.69) is 6.07 Å². The maximum atomic E-state index is 13.4.